The zero-order valence-corrected chi connectivity index (χ0v) is 8.49. The lowest BCUT2D eigenvalue weighted by molar-refractivity contribution is -0.154. The Morgan fingerprint density at radius 2 is 2.36 bits per heavy atom. The van der Waals surface area contributed by atoms with E-state index in [0.717, 1.165) is 26.0 Å². The van der Waals surface area contributed by atoms with Gasteiger partial charge in [0.1, 0.15) is 6.10 Å². The zero-order valence-electron chi connectivity index (χ0n) is 8.49. The van der Waals surface area contributed by atoms with Crippen LogP contribution in [0.1, 0.15) is 19.8 Å². The lowest BCUT2D eigenvalue weighted by atomic mass is 10.0. The molecule has 0 amide bonds. The van der Waals surface area contributed by atoms with Crippen LogP contribution in [0.15, 0.2) is 0 Å². The predicted octanol–water partition coefficient (Wildman–Crippen LogP) is 0.317. The smallest absolute Gasteiger partial charge is 0.310 e. The van der Waals surface area contributed by atoms with Gasteiger partial charge in [0.05, 0.1) is 19.1 Å². The summed E-state index contributed by atoms with van der Waals surface area (Å²) in [6, 6.07) is 0.254. The van der Waals surface area contributed by atoms with Crippen LogP contribution in [0, 0.1) is 5.92 Å². The number of ether oxygens (including phenoxy) is 2. The van der Waals surface area contributed by atoms with Crippen molar-refractivity contribution in [2.75, 3.05) is 19.8 Å². The number of nitrogens with one attached hydrogen (secondary N) is 1. The summed E-state index contributed by atoms with van der Waals surface area (Å²) in [7, 11) is 0. The van der Waals surface area contributed by atoms with Crippen LogP contribution in [0.3, 0.4) is 0 Å². The monoisotopic (exact) mass is 199 g/mol. The summed E-state index contributed by atoms with van der Waals surface area (Å²) in [4.78, 5) is 11.7. The largest absolute Gasteiger partial charge is 0.460 e. The van der Waals surface area contributed by atoms with E-state index in [0.29, 0.717) is 6.61 Å². The van der Waals surface area contributed by atoms with Gasteiger partial charge in [-0.3, -0.25) is 4.79 Å². The standard InChI is InChI=1S/C10H17NO3/c1-7-9(2-4-11-7)10(12)14-8-3-5-13-6-8/h7-9,11H,2-6H2,1H3. The Hall–Kier alpha value is -0.610. The van der Waals surface area contributed by atoms with Crippen molar-refractivity contribution in [3.63, 3.8) is 0 Å². The molecule has 2 saturated heterocycles. The highest BCUT2D eigenvalue weighted by Crippen LogP contribution is 2.19. The van der Waals surface area contributed by atoms with Gasteiger partial charge in [-0.2, -0.15) is 0 Å². The minimum absolute atomic E-state index is 0.00435. The molecule has 14 heavy (non-hydrogen) atoms. The molecule has 0 aromatic rings. The van der Waals surface area contributed by atoms with E-state index in [4.69, 9.17) is 9.47 Å². The van der Waals surface area contributed by atoms with Gasteiger partial charge in [0.2, 0.25) is 0 Å². The minimum Gasteiger partial charge on any atom is -0.460 e. The highest BCUT2D eigenvalue weighted by molar-refractivity contribution is 5.73. The van der Waals surface area contributed by atoms with Crippen LogP contribution < -0.4 is 5.32 Å². The summed E-state index contributed by atoms with van der Waals surface area (Å²) in [5.74, 6) is -0.0198. The van der Waals surface area contributed by atoms with Gasteiger partial charge in [0.15, 0.2) is 0 Å². The first-order valence-electron chi connectivity index (χ1n) is 5.29. The highest BCUT2D eigenvalue weighted by atomic mass is 16.6. The zero-order chi connectivity index (χ0) is 9.97. The van der Waals surface area contributed by atoms with Crippen molar-refractivity contribution < 1.29 is 14.3 Å². The molecule has 0 aromatic heterocycles. The molecule has 3 unspecified atom stereocenters. The third-order valence-electron chi connectivity index (χ3n) is 3.00. The fourth-order valence-corrected chi connectivity index (χ4v) is 2.04. The van der Waals surface area contributed by atoms with Crippen molar-refractivity contribution in [1.29, 1.82) is 0 Å². The van der Waals surface area contributed by atoms with E-state index in [-0.39, 0.29) is 24.0 Å². The Morgan fingerprint density at radius 1 is 1.50 bits per heavy atom. The van der Waals surface area contributed by atoms with E-state index in [1.165, 1.54) is 0 Å². The van der Waals surface area contributed by atoms with Gasteiger partial charge in [-0.05, 0) is 19.9 Å². The van der Waals surface area contributed by atoms with Crippen molar-refractivity contribution in [3.05, 3.63) is 0 Å². The lowest BCUT2D eigenvalue weighted by Gasteiger charge is -2.16. The summed E-state index contributed by atoms with van der Waals surface area (Å²) in [5, 5.41) is 3.24. The van der Waals surface area contributed by atoms with Gasteiger partial charge in [-0.1, -0.05) is 0 Å². The summed E-state index contributed by atoms with van der Waals surface area (Å²) in [6.07, 6.45) is 1.74. The van der Waals surface area contributed by atoms with Crippen molar-refractivity contribution >= 4 is 5.97 Å². The topological polar surface area (TPSA) is 47.6 Å². The van der Waals surface area contributed by atoms with Crippen LogP contribution in [-0.2, 0) is 14.3 Å². The Labute approximate surface area is 84.0 Å². The summed E-state index contributed by atoms with van der Waals surface area (Å²) >= 11 is 0. The maximum absolute atomic E-state index is 11.7. The molecule has 1 N–H and O–H groups in total. The Balaban J connectivity index is 1.82. The average molecular weight is 199 g/mol. The van der Waals surface area contributed by atoms with E-state index >= 15 is 0 Å². The molecule has 0 saturated carbocycles. The molecule has 2 aliphatic rings. The van der Waals surface area contributed by atoms with E-state index in [1.54, 1.807) is 0 Å². The van der Waals surface area contributed by atoms with E-state index in [1.807, 2.05) is 6.92 Å². The summed E-state index contributed by atoms with van der Waals surface area (Å²) in [6.45, 7) is 4.24. The molecule has 2 heterocycles. The third-order valence-corrected chi connectivity index (χ3v) is 3.00. The second-order valence-electron chi connectivity index (χ2n) is 4.06. The first kappa shape index (κ1) is 9.93. The first-order valence-corrected chi connectivity index (χ1v) is 5.29. The number of hydrogen-bond donors (Lipinski definition) is 1. The second kappa shape index (κ2) is 4.28. The Bertz CT molecular complexity index is 213. The molecule has 3 atom stereocenters. The minimum atomic E-state index is -0.0574. The normalized spacial score (nSPS) is 37.4. The fourth-order valence-electron chi connectivity index (χ4n) is 2.04. The van der Waals surface area contributed by atoms with Crippen molar-refractivity contribution in [3.8, 4) is 0 Å². The number of rotatable bonds is 2. The second-order valence-corrected chi connectivity index (χ2v) is 4.06. The molecule has 0 aliphatic carbocycles. The fraction of sp³-hybridized carbons (Fsp3) is 0.900. The summed E-state index contributed by atoms with van der Waals surface area (Å²) in [5.41, 5.74) is 0. The van der Waals surface area contributed by atoms with Gasteiger partial charge in [0.25, 0.3) is 0 Å². The Kier molecular flexibility index (Phi) is 3.03. The third kappa shape index (κ3) is 2.07. The SMILES string of the molecule is CC1NCCC1C(=O)OC1CCOC1. The van der Waals surface area contributed by atoms with Crippen molar-refractivity contribution in [2.45, 2.75) is 31.9 Å². The van der Waals surface area contributed by atoms with Gasteiger partial charge >= 0.3 is 5.97 Å². The van der Waals surface area contributed by atoms with Gasteiger partial charge in [0, 0.05) is 12.5 Å². The molecule has 2 fully saturated rings. The highest BCUT2D eigenvalue weighted by Gasteiger charge is 2.32. The van der Waals surface area contributed by atoms with Crippen LogP contribution in [0.2, 0.25) is 0 Å². The van der Waals surface area contributed by atoms with Crippen LogP contribution in [0.25, 0.3) is 0 Å². The maximum atomic E-state index is 11.7. The van der Waals surface area contributed by atoms with E-state index in [9.17, 15) is 4.79 Å². The quantitative estimate of drug-likeness (QED) is 0.650. The van der Waals surface area contributed by atoms with Gasteiger partial charge < -0.3 is 14.8 Å². The molecular formula is C10H17NO3. The van der Waals surface area contributed by atoms with Gasteiger partial charge in [-0.15, -0.1) is 0 Å². The maximum Gasteiger partial charge on any atom is 0.310 e. The molecule has 0 bridgehead atoms. The number of carbonyl (C=O) groups excluding carboxylic acids is 1. The molecule has 4 heteroatoms. The summed E-state index contributed by atoms with van der Waals surface area (Å²) < 4.78 is 10.5. The molecule has 0 spiro atoms. The molecule has 0 aromatic carbocycles. The average Bonchev–Trinajstić information content (AvgIpc) is 2.75. The molecule has 2 aliphatic heterocycles. The number of hydrogen-bond acceptors (Lipinski definition) is 4. The van der Waals surface area contributed by atoms with Gasteiger partial charge in [-0.25, -0.2) is 0 Å². The molecule has 80 valence electrons. The molecular weight excluding hydrogens is 182 g/mol. The number of esters is 1. The molecule has 0 radical (unpaired) electrons. The Morgan fingerprint density at radius 3 is 2.93 bits per heavy atom. The van der Waals surface area contributed by atoms with E-state index < -0.39 is 0 Å². The van der Waals surface area contributed by atoms with Crippen LogP contribution >= 0.6 is 0 Å². The lowest BCUT2D eigenvalue weighted by Crippen LogP contribution is -2.32. The van der Waals surface area contributed by atoms with E-state index in [2.05, 4.69) is 5.32 Å². The molecule has 4 nitrogen and oxygen atoms in total. The van der Waals surface area contributed by atoms with Crippen molar-refractivity contribution in [1.82, 2.24) is 5.32 Å². The molecule has 2 rings (SSSR count). The van der Waals surface area contributed by atoms with Crippen molar-refractivity contribution in [2.24, 2.45) is 5.92 Å². The van der Waals surface area contributed by atoms with Crippen LogP contribution in [0.5, 0.6) is 0 Å². The predicted molar refractivity (Wildman–Crippen MR) is 50.9 cm³/mol. The van der Waals surface area contributed by atoms with Crippen LogP contribution in [-0.4, -0.2) is 37.9 Å². The first-order chi connectivity index (χ1) is 6.77. The number of carbonyl (C=O) groups is 1. The van der Waals surface area contributed by atoms with Crippen LogP contribution in [0.4, 0.5) is 0 Å².